The Kier molecular flexibility index (Phi) is 4.78. The zero-order valence-electron chi connectivity index (χ0n) is 12.0. The van der Waals surface area contributed by atoms with Gasteiger partial charge in [0.25, 0.3) is 0 Å². The summed E-state index contributed by atoms with van der Waals surface area (Å²) in [6.07, 6.45) is 1.61. The van der Waals surface area contributed by atoms with E-state index in [-0.39, 0.29) is 11.9 Å². The van der Waals surface area contributed by atoms with E-state index in [2.05, 4.69) is 10.4 Å². The van der Waals surface area contributed by atoms with Crippen molar-refractivity contribution >= 4 is 11.6 Å². The van der Waals surface area contributed by atoms with Crippen LogP contribution in [0.3, 0.4) is 0 Å². The molecule has 20 heavy (non-hydrogen) atoms. The highest BCUT2D eigenvalue weighted by Crippen LogP contribution is 2.30. The second-order valence-electron chi connectivity index (χ2n) is 4.66. The Balaban J connectivity index is 2.56. The van der Waals surface area contributed by atoms with E-state index in [0.717, 1.165) is 5.69 Å². The average Bonchev–Trinajstić information content (AvgIpc) is 2.81. The molecule has 1 aromatic heterocycles. The largest absolute Gasteiger partial charge is 0.305 e. The molecule has 0 aliphatic heterocycles. The van der Waals surface area contributed by atoms with Gasteiger partial charge in [-0.15, -0.1) is 0 Å². The summed E-state index contributed by atoms with van der Waals surface area (Å²) >= 11 is 6.25. The smallest absolute Gasteiger partial charge is 0.131 e. The molecule has 0 bridgehead atoms. The van der Waals surface area contributed by atoms with E-state index < -0.39 is 0 Å². The number of hydrogen-bond acceptors (Lipinski definition) is 2. The van der Waals surface area contributed by atoms with Crippen molar-refractivity contribution in [1.29, 1.82) is 0 Å². The molecule has 2 rings (SSSR count). The SMILES string of the molecule is CCNC(c1cccc(C)c1F)c1c(Cl)cnn1CC. The van der Waals surface area contributed by atoms with Crippen molar-refractivity contribution in [3.63, 3.8) is 0 Å². The Bertz CT molecular complexity index is 595. The fourth-order valence-electron chi connectivity index (χ4n) is 2.36. The molecule has 108 valence electrons. The molecular weight excluding hydrogens is 277 g/mol. The van der Waals surface area contributed by atoms with Gasteiger partial charge in [-0.05, 0) is 26.0 Å². The van der Waals surface area contributed by atoms with Crippen LogP contribution in [0.1, 0.15) is 36.7 Å². The summed E-state index contributed by atoms with van der Waals surface area (Å²) in [5.41, 5.74) is 2.04. The first-order valence-corrected chi connectivity index (χ1v) is 7.17. The molecule has 1 aromatic carbocycles. The lowest BCUT2D eigenvalue weighted by molar-refractivity contribution is 0.513. The third kappa shape index (κ3) is 2.72. The van der Waals surface area contributed by atoms with Crippen LogP contribution in [0, 0.1) is 12.7 Å². The van der Waals surface area contributed by atoms with E-state index in [1.54, 1.807) is 29.9 Å². The lowest BCUT2D eigenvalue weighted by Crippen LogP contribution is -2.26. The van der Waals surface area contributed by atoms with Crippen LogP contribution < -0.4 is 5.32 Å². The molecule has 0 saturated carbocycles. The third-order valence-electron chi connectivity index (χ3n) is 3.35. The standard InChI is InChI=1S/C15H19ClFN3/c1-4-18-14(11-8-6-7-10(3)13(11)17)15-12(16)9-19-20(15)5-2/h6-9,14,18H,4-5H2,1-3H3. The zero-order valence-corrected chi connectivity index (χ0v) is 12.7. The van der Waals surface area contributed by atoms with Gasteiger partial charge in [0, 0.05) is 12.1 Å². The molecular formula is C15H19ClFN3. The Labute approximate surface area is 123 Å². The molecule has 1 heterocycles. The number of aromatic nitrogens is 2. The van der Waals surface area contributed by atoms with Gasteiger partial charge in [0.2, 0.25) is 0 Å². The summed E-state index contributed by atoms with van der Waals surface area (Å²) in [4.78, 5) is 0. The number of nitrogens with zero attached hydrogens (tertiary/aromatic N) is 2. The summed E-state index contributed by atoms with van der Waals surface area (Å²) < 4.78 is 16.2. The van der Waals surface area contributed by atoms with Gasteiger partial charge in [-0.25, -0.2) is 4.39 Å². The van der Waals surface area contributed by atoms with Crippen molar-refractivity contribution in [2.24, 2.45) is 0 Å². The van der Waals surface area contributed by atoms with E-state index in [0.29, 0.717) is 29.2 Å². The molecule has 0 saturated heterocycles. The number of rotatable bonds is 5. The van der Waals surface area contributed by atoms with Gasteiger partial charge >= 0.3 is 0 Å². The molecule has 0 aliphatic rings. The maximum atomic E-state index is 14.4. The summed E-state index contributed by atoms with van der Waals surface area (Å²) in [7, 11) is 0. The van der Waals surface area contributed by atoms with Gasteiger partial charge in [0.05, 0.1) is 23.0 Å². The molecule has 1 unspecified atom stereocenters. The van der Waals surface area contributed by atoms with Crippen LogP contribution in [0.5, 0.6) is 0 Å². The highest BCUT2D eigenvalue weighted by atomic mass is 35.5. The molecule has 0 fully saturated rings. The Morgan fingerprint density at radius 1 is 1.40 bits per heavy atom. The molecule has 0 amide bonds. The molecule has 3 nitrogen and oxygen atoms in total. The van der Waals surface area contributed by atoms with Crippen LogP contribution in [-0.2, 0) is 6.54 Å². The average molecular weight is 296 g/mol. The maximum Gasteiger partial charge on any atom is 0.131 e. The van der Waals surface area contributed by atoms with Crippen molar-refractivity contribution in [2.75, 3.05) is 6.54 Å². The first kappa shape index (κ1) is 15.0. The third-order valence-corrected chi connectivity index (χ3v) is 3.64. The maximum absolute atomic E-state index is 14.4. The van der Waals surface area contributed by atoms with Crippen LogP contribution >= 0.6 is 11.6 Å². The van der Waals surface area contributed by atoms with E-state index in [4.69, 9.17) is 11.6 Å². The number of benzene rings is 1. The molecule has 1 atom stereocenters. The normalized spacial score (nSPS) is 12.7. The van der Waals surface area contributed by atoms with Crippen molar-refractivity contribution in [2.45, 2.75) is 33.4 Å². The van der Waals surface area contributed by atoms with Gasteiger partial charge in [-0.3, -0.25) is 4.68 Å². The topological polar surface area (TPSA) is 29.9 Å². The van der Waals surface area contributed by atoms with Crippen LogP contribution in [0.2, 0.25) is 5.02 Å². The summed E-state index contributed by atoms with van der Waals surface area (Å²) in [6, 6.07) is 5.12. The van der Waals surface area contributed by atoms with Gasteiger partial charge in [0.1, 0.15) is 5.82 Å². The van der Waals surface area contributed by atoms with Crippen molar-refractivity contribution in [3.05, 3.63) is 52.1 Å². The predicted octanol–water partition coefficient (Wildman–Crippen LogP) is 3.70. The second kappa shape index (κ2) is 6.37. The second-order valence-corrected chi connectivity index (χ2v) is 5.07. The zero-order chi connectivity index (χ0) is 14.7. The molecule has 0 radical (unpaired) electrons. The Morgan fingerprint density at radius 3 is 2.80 bits per heavy atom. The minimum atomic E-state index is -0.296. The lowest BCUT2D eigenvalue weighted by Gasteiger charge is -2.21. The minimum Gasteiger partial charge on any atom is -0.305 e. The quantitative estimate of drug-likeness (QED) is 0.911. The highest BCUT2D eigenvalue weighted by molar-refractivity contribution is 6.31. The van der Waals surface area contributed by atoms with E-state index in [1.807, 2.05) is 19.9 Å². The fraction of sp³-hybridized carbons (Fsp3) is 0.400. The van der Waals surface area contributed by atoms with E-state index >= 15 is 0 Å². The molecule has 1 N–H and O–H groups in total. The number of nitrogens with one attached hydrogen (secondary N) is 1. The van der Waals surface area contributed by atoms with E-state index in [1.165, 1.54) is 0 Å². The lowest BCUT2D eigenvalue weighted by atomic mass is 10.0. The van der Waals surface area contributed by atoms with Crippen molar-refractivity contribution in [1.82, 2.24) is 15.1 Å². The van der Waals surface area contributed by atoms with Crippen LogP contribution in [0.15, 0.2) is 24.4 Å². The van der Waals surface area contributed by atoms with E-state index in [9.17, 15) is 4.39 Å². The van der Waals surface area contributed by atoms with Gasteiger partial charge in [-0.2, -0.15) is 5.10 Å². The number of halogens is 2. The highest BCUT2D eigenvalue weighted by Gasteiger charge is 2.24. The Hall–Kier alpha value is -1.39. The fourth-order valence-corrected chi connectivity index (χ4v) is 2.61. The minimum absolute atomic E-state index is 0.196. The first-order chi connectivity index (χ1) is 9.60. The molecule has 2 aromatic rings. The first-order valence-electron chi connectivity index (χ1n) is 6.79. The van der Waals surface area contributed by atoms with Crippen LogP contribution in [0.4, 0.5) is 4.39 Å². The van der Waals surface area contributed by atoms with Crippen LogP contribution in [0.25, 0.3) is 0 Å². The molecule has 5 heteroatoms. The van der Waals surface area contributed by atoms with Gasteiger partial charge < -0.3 is 5.32 Å². The number of aryl methyl sites for hydroxylation is 2. The molecule has 0 aliphatic carbocycles. The van der Waals surface area contributed by atoms with Crippen molar-refractivity contribution in [3.8, 4) is 0 Å². The van der Waals surface area contributed by atoms with Crippen LogP contribution in [-0.4, -0.2) is 16.3 Å². The van der Waals surface area contributed by atoms with Crippen molar-refractivity contribution < 1.29 is 4.39 Å². The molecule has 0 spiro atoms. The van der Waals surface area contributed by atoms with Gasteiger partial charge in [0.15, 0.2) is 0 Å². The monoisotopic (exact) mass is 295 g/mol. The van der Waals surface area contributed by atoms with Gasteiger partial charge in [-0.1, -0.05) is 36.7 Å². The summed E-state index contributed by atoms with van der Waals surface area (Å²) in [5.74, 6) is -0.196. The Morgan fingerprint density at radius 2 is 2.15 bits per heavy atom. The summed E-state index contributed by atoms with van der Waals surface area (Å²) in [6.45, 7) is 7.14. The predicted molar refractivity (Wildman–Crippen MR) is 79.6 cm³/mol. The number of hydrogen-bond donors (Lipinski definition) is 1. The summed E-state index contributed by atoms with van der Waals surface area (Å²) in [5, 5.41) is 8.09.